The quantitative estimate of drug-likeness (QED) is 0.493. The van der Waals surface area contributed by atoms with Crippen LogP contribution in [0, 0.1) is 15.5 Å². The summed E-state index contributed by atoms with van der Waals surface area (Å²) in [5.74, 6) is -0.251. The van der Waals surface area contributed by atoms with Crippen LogP contribution in [0.25, 0.3) is 0 Å². The first-order valence-electron chi connectivity index (χ1n) is 5.71. The van der Waals surface area contributed by atoms with Gasteiger partial charge in [-0.3, -0.25) is 14.9 Å². The number of hydrogen-bond acceptors (Lipinski definition) is 4. The molecule has 1 N–H and O–H groups in total. The van der Waals surface area contributed by atoms with E-state index in [1.165, 1.54) is 17.8 Å². The number of rotatable bonds is 6. The van der Waals surface area contributed by atoms with Crippen molar-refractivity contribution in [1.82, 2.24) is 0 Å². The van der Waals surface area contributed by atoms with Crippen LogP contribution in [0.5, 0.6) is 0 Å². The normalized spacial score (nSPS) is 16.1. The molecule has 1 aliphatic rings. The van der Waals surface area contributed by atoms with Crippen LogP contribution in [0.1, 0.15) is 19.3 Å². The average Bonchev–Trinajstić information content (AvgIpc) is 3.05. The van der Waals surface area contributed by atoms with Gasteiger partial charge in [-0.05, 0) is 30.4 Å². The van der Waals surface area contributed by atoms with E-state index in [1.54, 1.807) is 12.1 Å². The van der Waals surface area contributed by atoms with Crippen molar-refractivity contribution in [3.63, 3.8) is 0 Å². The third-order valence-electron chi connectivity index (χ3n) is 3.15. The molecule has 0 aliphatic heterocycles. The molecule has 1 saturated carbocycles. The van der Waals surface area contributed by atoms with Crippen molar-refractivity contribution in [2.24, 2.45) is 5.41 Å². The molecule has 0 saturated heterocycles. The Labute approximate surface area is 119 Å². The third-order valence-corrected chi connectivity index (χ3v) is 4.85. The third kappa shape index (κ3) is 3.39. The van der Waals surface area contributed by atoms with Gasteiger partial charge in [0.1, 0.15) is 5.02 Å². The van der Waals surface area contributed by atoms with E-state index in [0.29, 0.717) is 10.6 Å². The number of hydrogen-bond donors (Lipinski definition) is 1. The number of nitro groups is 1. The molecule has 2 rings (SSSR count). The molecule has 0 unspecified atom stereocenters. The fraction of sp³-hybridized carbons (Fsp3) is 0.417. The standard InChI is InChI=1S/C12H12ClNO4S/c13-8-2-1-3-9(11(8)14(17)18)19-7-12(4-5-12)6-10(15)16/h1-3H,4-7H2,(H,15,16). The summed E-state index contributed by atoms with van der Waals surface area (Å²) in [5, 5.41) is 19.9. The van der Waals surface area contributed by atoms with Crippen LogP contribution in [0.3, 0.4) is 0 Å². The van der Waals surface area contributed by atoms with E-state index < -0.39 is 10.9 Å². The highest BCUT2D eigenvalue weighted by Gasteiger charge is 2.44. The first kappa shape index (κ1) is 14.1. The van der Waals surface area contributed by atoms with E-state index in [4.69, 9.17) is 16.7 Å². The maximum atomic E-state index is 11.0. The first-order valence-corrected chi connectivity index (χ1v) is 7.07. The summed E-state index contributed by atoms with van der Waals surface area (Å²) < 4.78 is 0. The molecule has 0 spiro atoms. The molecular weight excluding hydrogens is 290 g/mol. The van der Waals surface area contributed by atoms with Crippen LogP contribution in [-0.4, -0.2) is 21.8 Å². The molecule has 7 heteroatoms. The second kappa shape index (κ2) is 5.38. The summed E-state index contributed by atoms with van der Waals surface area (Å²) in [5.41, 5.74) is -0.299. The van der Waals surface area contributed by atoms with Gasteiger partial charge in [0.2, 0.25) is 0 Å². The predicted octanol–water partition coefficient (Wildman–Crippen LogP) is 3.60. The molecule has 5 nitrogen and oxygen atoms in total. The van der Waals surface area contributed by atoms with E-state index in [9.17, 15) is 14.9 Å². The molecule has 1 aromatic rings. The van der Waals surface area contributed by atoms with Crippen LogP contribution in [-0.2, 0) is 4.79 Å². The summed E-state index contributed by atoms with van der Waals surface area (Å²) in [6.07, 6.45) is 1.84. The van der Waals surface area contributed by atoms with Gasteiger partial charge in [-0.25, -0.2) is 0 Å². The number of carbonyl (C=O) groups is 1. The highest BCUT2D eigenvalue weighted by atomic mass is 35.5. The van der Waals surface area contributed by atoms with Crippen LogP contribution in [0.2, 0.25) is 5.02 Å². The lowest BCUT2D eigenvalue weighted by atomic mass is 10.1. The van der Waals surface area contributed by atoms with E-state index in [-0.39, 0.29) is 22.5 Å². The van der Waals surface area contributed by atoms with E-state index >= 15 is 0 Å². The largest absolute Gasteiger partial charge is 0.481 e. The Hall–Kier alpha value is -1.27. The maximum absolute atomic E-state index is 11.0. The summed E-state index contributed by atoms with van der Waals surface area (Å²) in [7, 11) is 0. The minimum Gasteiger partial charge on any atom is -0.481 e. The molecular formula is C12H12ClNO4S. The Bertz CT molecular complexity index is 530. The molecule has 1 fully saturated rings. The van der Waals surface area contributed by atoms with Crippen molar-refractivity contribution in [2.45, 2.75) is 24.2 Å². The van der Waals surface area contributed by atoms with Crippen LogP contribution < -0.4 is 0 Å². The first-order chi connectivity index (χ1) is 8.93. The molecule has 1 aliphatic carbocycles. The van der Waals surface area contributed by atoms with Crippen molar-refractivity contribution in [3.05, 3.63) is 33.3 Å². The predicted molar refractivity (Wildman–Crippen MR) is 72.8 cm³/mol. The molecule has 0 radical (unpaired) electrons. The molecule has 1 aromatic carbocycles. The fourth-order valence-electron chi connectivity index (χ4n) is 1.89. The van der Waals surface area contributed by atoms with Crippen LogP contribution in [0.15, 0.2) is 23.1 Å². The monoisotopic (exact) mass is 301 g/mol. The van der Waals surface area contributed by atoms with E-state index in [2.05, 4.69) is 0 Å². The Kier molecular flexibility index (Phi) is 4.01. The zero-order valence-corrected chi connectivity index (χ0v) is 11.5. The Morgan fingerprint density at radius 2 is 2.21 bits per heavy atom. The number of para-hydroxylation sites is 1. The zero-order valence-electron chi connectivity index (χ0n) is 9.97. The van der Waals surface area contributed by atoms with Gasteiger partial charge in [0.25, 0.3) is 0 Å². The lowest BCUT2D eigenvalue weighted by Gasteiger charge is -2.12. The topological polar surface area (TPSA) is 80.4 Å². The zero-order chi connectivity index (χ0) is 14.0. The van der Waals surface area contributed by atoms with Crippen molar-refractivity contribution in [1.29, 1.82) is 0 Å². The average molecular weight is 302 g/mol. The smallest absolute Gasteiger partial charge is 0.303 e. The fourth-order valence-corrected chi connectivity index (χ4v) is 3.54. The molecule has 0 bridgehead atoms. The van der Waals surface area contributed by atoms with Crippen LogP contribution in [0.4, 0.5) is 5.69 Å². The Morgan fingerprint density at radius 3 is 2.74 bits per heavy atom. The van der Waals surface area contributed by atoms with Gasteiger partial charge in [0.05, 0.1) is 16.2 Å². The van der Waals surface area contributed by atoms with Gasteiger partial charge in [-0.15, -0.1) is 11.8 Å². The summed E-state index contributed by atoms with van der Waals surface area (Å²) >= 11 is 7.14. The van der Waals surface area contributed by atoms with Crippen molar-refractivity contribution >= 4 is 35.0 Å². The van der Waals surface area contributed by atoms with E-state index in [1.807, 2.05) is 0 Å². The van der Waals surface area contributed by atoms with Crippen molar-refractivity contribution in [3.8, 4) is 0 Å². The Balaban J connectivity index is 2.10. The van der Waals surface area contributed by atoms with Gasteiger partial charge in [-0.1, -0.05) is 17.7 Å². The summed E-state index contributed by atoms with van der Waals surface area (Å²) in [6.45, 7) is 0. The maximum Gasteiger partial charge on any atom is 0.303 e. The lowest BCUT2D eigenvalue weighted by molar-refractivity contribution is -0.387. The number of carboxylic acid groups (broad SMARTS) is 1. The second-order valence-electron chi connectivity index (χ2n) is 4.70. The summed E-state index contributed by atoms with van der Waals surface area (Å²) in [4.78, 5) is 21.7. The molecule has 102 valence electrons. The summed E-state index contributed by atoms with van der Waals surface area (Å²) in [6, 6.07) is 4.79. The van der Waals surface area contributed by atoms with Gasteiger partial charge < -0.3 is 5.11 Å². The minimum atomic E-state index is -0.821. The van der Waals surface area contributed by atoms with Gasteiger partial charge >= 0.3 is 11.7 Å². The lowest BCUT2D eigenvalue weighted by Crippen LogP contribution is -2.11. The number of nitrogens with zero attached hydrogens (tertiary/aromatic N) is 1. The van der Waals surface area contributed by atoms with Crippen LogP contribution >= 0.6 is 23.4 Å². The second-order valence-corrected chi connectivity index (χ2v) is 6.13. The molecule has 0 atom stereocenters. The van der Waals surface area contributed by atoms with Gasteiger partial charge in [0, 0.05) is 5.75 Å². The molecule has 19 heavy (non-hydrogen) atoms. The molecule has 0 aromatic heterocycles. The number of aliphatic carboxylic acids is 1. The van der Waals surface area contributed by atoms with Gasteiger partial charge in [-0.2, -0.15) is 0 Å². The number of nitro benzene ring substituents is 1. The molecule has 0 heterocycles. The minimum absolute atomic E-state index is 0.0970. The number of benzene rings is 1. The Morgan fingerprint density at radius 1 is 1.53 bits per heavy atom. The molecule has 0 amide bonds. The number of carboxylic acids is 1. The SMILES string of the molecule is O=C(O)CC1(CSc2cccc(Cl)c2[N+](=O)[O-])CC1. The van der Waals surface area contributed by atoms with E-state index in [0.717, 1.165) is 12.8 Å². The number of thioether (sulfide) groups is 1. The highest BCUT2D eigenvalue weighted by molar-refractivity contribution is 7.99. The van der Waals surface area contributed by atoms with Crippen molar-refractivity contribution in [2.75, 3.05) is 5.75 Å². The highest BCUT2D eigenvalue weighted by Crippen LogP contribution is 2.52. The van der Waals surface area contributed by atoms with Gasteiger partial charge in [0.15, 0.2) is 0 Å². The van der Waals surface area contributed by atoms with Crippen molar-refractivity contribution < 1.29 is 14.8 Å². The number of halogens is 1.